The van der Waals surface area contributed by atoms with Crippen molar-refractivity contribution in [1.82, 2.24) is 0 Å². The first-order valence-electron chi connectivity index (χ1n) is 9.66. The summed E-state index contributed by atoms with van der Waals surface area (Å²) in [4.78, 5) is 14.9. The highest BCUT2D eigenvalue weighted by atomic mass is 16.7. The number of carbonyl (C=O) groups excluding carboxylic acids is 1. The minimum absolute atomic E-state index is 0.153. The van der Waals surface area contributed by atoms with Gasteiger partial charge >= 0.3 is 0 Å². The first kappa shape index (κ1) is 18.0. The van der Waals surface area contributed by atoms with Crippen LogP contribution in [0, 0.1) is 0 Å². The number of benzene rings is 2. The minimum Gasteiger partial charge on any atom is -0.492 e. The fourth-order valence-corrected chi connectivity index (χ4v) is 3.71. The van der Waals surface area contributed by atoms with Crippen LogP contribution in [0.5, 0.6) is 5.75 Å². The molecule has 1 fully saturated rings. The van der Waals surface area contributed by atoms with E-state index in [1.54, 1.807) is 4.90 Å². The smallest absolute Gasteiger partial charge is 0.292 e. The van der Waals surface area contributed by atoms with Crippen molar-refractivity contribution in [3.8, 4) is 5.75 Å². The molecule has 0 aliphatic carbocycles. The molecule has 0 bridgehead atoms. The minimum atomic E-state index is -1.27. The third kappa shape index (κ3) is 3.33. The first-order chi connectivity index (χ1) is 13.2. The molecule has 0 N–H and O–H groups in total. The number of hydrogen-bond donors (Lipinski definition) is 0. The van der Waals surface area contributed by atoms with Crippen LogP contribution in [0.25, 0.3) is 0 Å². The maximum atomic E-state index is 13.2. The number of fused-ring (bicyclic) bond motifs is 2. The van der Waals surface area contributed by atoms with Crippen LogP contribution in [0.4, 0.5) is 5.69 Å². The number of nitrogens with zero attached hydrogens (tertiary/aromatic N) is 1. The Morgan fingerprint density at radius 2 is 1.89 bits per heavy atom. The molecule has 2 aromatic rings. The largest absolute Gasteiger partial charge is 0.492 e. The Kier molecular flexibility index (Phi) is 5.14. The molecule has 2 aliphatic heterocycles. The molecule has 2 aliphatic rings. The predicted molar refractivity (Wildman–Crippen MR) is 103 cm³/mol. The second kappa shape index (κ2) is 7.71. The quantitative estimate of drug-likeness (QED) is 0.749. The lowest BCUT2D eigenvalue weighted by atomic mass is 10.0. The van der Waals surface area contributed by atoms with Gasteiger partial charge in [0.2, 0.25) is 0 Å². The van der Waals surface area contributed by atoms with Gasteiger partial charge < -0.3 is 19.1 Å². The normalized spacial score (nSPS) is 17.5. The van der Waals surface area contributed by atoms with Crippen molar-refractivity contribution in [3.05, 3.63) is 59.7 Å². The Hall–Kier alpha value is -2.37. The van der Waals surface area contributed by atoms with Crippen molar-refractivity contribution in [1.29, 1.82) is 0 Å². The third-order valence-corrected chi connectivity index (χ3v) is 5.07. The molecule has 0 unspecified atom stereocenters. The molecular formula is C22H25NO4. The lowest BCUT2D eigenvalue weighted by Gasteiger charge is -2.22. The summed E-state index contributed by atoms with van der Waals surface area (Å²) < 4.78 is 17.5. The van der Waals surface area contributed by atoms with Crippen molar-refractivity contribution in [2.75, 3.05) is 31.3 Å². The lowest BCUT2D eigenvalue weighted by Crippen LogP contribution is -2.42. The van der Waals surface area contributed by atoms with Gasteiger partial charge in [0.25, 0.3) is 11.7 Å². The van der Waals surface area contributed by atoms with Gasteiger partial charge in [0.15, 0.2) is 0 Å². The van der Waals surface area contributed by atoms with E-state index in [1.807, 2.05) is 36.4 Å². The highest BCUT2D eigenvalue weighted by Crippen LogP contribution is 2.46. The zero-order valence-electron chi connectivity index (χ0n) is 15.6. The van der Waals surface area contributed by atoms with Gasteiger partial charge in [-0.25, -0.2) is 0 Å². The molecule has 5 heteroatoms. The van der Waals surface area contributed by atoms with Crippen molar-refractivity contribution >= 4 is 11.6 Å². The highest BCUT2D eigenvalue weighted by Gasteiger charge is 2.55. The van der Waals surface area contributed by atoms with Crippen LogP contribution in [-0.2, 0) is 26.5 Å². The summed E-state index contributed by atoms with van der Waals surface area (Å²) in [7, 11) is 0. The van der Waals surface area contributed by atoms with Gasteiger partial charge in [0.1, 0.15) is 12.4 Å². The van der Waals surface area contributed by atoms with Crippen LogP contribution >= 0.6 is 0 Å². The van der Waals surface area contributed by atoms with Gasteiger partial charge in [-0.2, -0.15) is 0 Å². The zero-order chi connectivity index (χ0) is 18.7. The van der Waals surface area contributed by atoms with Crippen LogP contribution in [0.1, 0.15) is 30.9 Å². The van der Waals surface area contributed by atoms with Crippen molar-refractivity contribution < 1.29 is 19.0 Å². The summed E-state index contributed by atoms with van der Waals surface area (Å²) in [5.74, 6) is -0.633. The van der Waals surface area contributed by atoms with Crippen LogP contribution in [0.15, 0.2) is 48.5 Å². The molecule has 0 radical (unpaired) electrons. The number of para-hydroxylation sites is 1. The Balaban J connectivity index is 1.56. The first-order valence-corrected chi connectivity index (χ1v) is 9.66. The Morgan fingerprint density at radius 1 is 1.11 bits per heavy atom. The SMILES string of the molecule is CCCCc1ccc2c(c1)C1(OCCO1)C(=O)N2CCOc1ccccc1. The molecule has 1 spiro atoms. The van der Waals surface area contributed by atoms with Crippen molar-refractivity contribution in [2.45, 2.75) is 32.0 Å². The summed E-state index contributed by atoms with van der Waals surface area (Å²) in [6.07, 6.45) is 3.25. The maximum absolute atomic E-state index is 13.2. The molecule has 1 saturated heterocycles. The van der Waals surface area contributed by atoms with Crippen LogP contribution in [0.3, 0.4) is 0 Å². The standard InChI is InChI=1S/C22H25NO4/c1-2-3-7-17-10-11-20-19(16-17)22(26-14-15-27-22)21(24)23(20)12-13-25-18-8-5-4-6-9-18/h4-6,8-11,16H,2-3,7,12-15H2,1H3. The van der Waals surface area contributed by atoms with E-state index in [-0.39, 0.29) is 5.91 Å². The van der Waals surface area contributed by atoms with E-state index in [4.69, 9.17) is 14.2 Å². The molecule has 0 atom stereocenters. The van der Waals surface area contributed by atoms with Crippen molar-refractivity contribution in [2.24, 2.45) is 0 Å². The Morgan fingerprint density at radius 3 is 2.63 bits per heavy atom. The molecule has 4 rings (SSSR count). The topological polar surface area (TPSA) is 48.0 Å². The average molecular weight is 367 g/mol. The Bertz CT molecular complexity index is 799. The fourth-order valence-electron chi connectivity index (χ4n) is 3.71. The summed E-state index contributed by atoms with van der Waals surface area (Å²) in [6, 6.07) is 15.8. The molecule has 142 valence electrons. The predicted octanol–water partition coefficient (Wildman–Crippen LogP) is 3.65. The molecule has 1 amide bonds. The monoisotopic (exact) mass is 367 g/mol. The number of anilines is 1. The number of unbranched alkanes of at least 4 members (excludes halogenated alkanes) is 1. The Labute approximate surface area is 159 Å². The van der Waals surface area contributed by atoms with Gasteiger partial charge in [-0.1, -0.05) is 37.6 Å². The summed E-state index contributed by atoms with van der Waals surface area (Å²) in [6.45, 7) is 3.89. The summed E-state index contributed by atoms with van der Waals surface area (Å²) in [5.41, 5.74) is 2.90. The van der Waals surface area contributed by atoms with E-state index in [0.29, 0.717) is 26.4 Å². The average Bonchev–Trinajstić information content (AvgIpc) is 3.28. The van der Waals surface area contributed by atoms with Crippen LogP contribution < -0.4 is 9.64 Å². The molecule has 5 nitrogen and oxygen atoms in total. The van der Waals surface area contributed by atoms with E-state index < -0.39 is 5.79 Å². The second-order valence-electron chi connectivity index (χ2n) is 6.89. The van der Waals surface area contributed by atoms with Crippen molar-refractivity contribution in [3.63, 3.8) is 0 Å². The van der Waals surface area contributed by atoms with Gasteiger partial charge in [0.05, 0.1) is 25.4 Å². The molecule has 0 saturated carbocycles. The second-order valence-corrected chi connectivity index (χ2v) is 6.89. The van der Waals surface area contributed by atoms with Gasteiger partial charge in [-0.15, -0.1) is 0 Å². The summed E-state index contributed by atoms with van der Waals surface area (Å²) in [5, 5.41) is 0. The molecule has 2 aromatic carbocycles. The number of ether oxygens (including phenoxy) is 3. The maximum Gasteiger partial charge on any atom is 0.292 e. The van der Waals surface area contributed by atoms with E-state index >= 15 is 0 Å². The van der Waals surface area contributed by atoms with Gasteiger partial charge in [0, 0.05) is 5.56 Å². The van der Waals surface area contributed by atoms with E-state index in [9.17, 15) is 4.79 Å². The number of aryl methyl sites for hydroxylation is 1. The number of carbonyl (C=O) groups is 1. The van der Waals surface area contributed by atoms with Crippen LogP contribution in [0.2, 0.25) is 0 Å². The highest BCUT2D eigenvalue weighted by molar-refractivity contribution is 6.06. The molecule has 2 heterocycles. The molecule has 0 aromatic heterocycles. The number of amides is 1. The zero-order valence-corrected chi connectivity index (χ0v) is 15.6. The summed E-state index contributed by atoms with van der Waals surface area (Å²) >= 11 is 0. The third-order valence-electron chi connectivity index (χ3n) is 5.07. The van der Waals surface area contributed by atoms with E-state index in [1.165, 1.54) is 5.56 Å². The molecule has 27 heavy (non-hydrogen) atoms. The fraction of sp³-hybridized carbons (Fsp3) is 0.409. The number of hydrogen-bond acceptors (Lipinski definition) is 4. The van der Waals surface area contributed by atoms with Gasteiger partial charge in [-0.05, 0) is 42.7 Å². The number of rotatable bonds is 7. The lowest BCUT2D eigenvalue weighted by molar-refractivity contribution is -0.180. The molecular weight excluding hydrogens is 342 g/mol. The van der Waals surface area contributed by atoms with Gasteiger partial charge in [-0.3, -0.25) is 4.79 Å². The van der Waals surface area contributed by atoms with E-state index in [0.717, 1.165) is 36.3 Å². The van der Waals surface area contributed by atoms with E-state index in [2.05, 4.69) is 19.1 Å². The van der Waals surface area contributed by atoms with Crippen LogP contribution in [-0.4, -0.2) is 32.3 Å².